The molecular weight excluding hydrogens is 515 g/mol. The molecule has 174 valence electrons. The second-order valence-corrected chi connectivity index (χ2v) is 9.37. The van der Waals surface area contributed by atoms with Crippen LogP contribution in [0.3, 0.4) is 0 Å². The number of ether oxygens (including phenoxy) is 1. The molecule has 2 aromatic rings. The number of unbranched alkanes of at least 4 members (excludes halogenated alkanes) is 1. The first-order chi connectivity index (χ1) is 15.1. The predicted molar refractivity (Wildman–Crippen MR) is 134 cm³/mol. The van der Waals surface area contributed by atoms with Gasteiger partial charge in [0.1, 0.15) is 11.8 Å². The Morgan fingerprint density at radius 1 is 1.16 bits per heavy atom. The average Bonchev–Trinajstić information content (AvgIpc) is 2.74. The van der Waals surface area contributed by atoms with E-state index in [-0.39, 0.29) is 25.0 Å². The van der Waals surface area contributed by atoms with Gasteiger partial charge in [-0.15, -0.1) is 0 Å². The molecule has 1 N–H and O–H groups in total. The van der Waals surface area contributed by atoms with Crippen molar-refractivity contribution in [3.63, 3.8) is 0 Å². The highest BCUT2D eigenvalue weighted by molar-refractivity contribution is 9.10. The molecule has 5 nitrogen and oxygen atoms in total. The normalized spacial score (nSPS) is 11.7. The van der Waals surface area contributed by atoms with Crippen LogP contribution in [0.25, 0.3) is 0 Å². The highest BCUT2D eigenvalue weighted by Gasteiger charge is 2.27. The Kier molecular flexibility index (Phi) is 10.3. The van der Waals surface area contributed by atoms with Crippen LogP contribution in [0.5, 0.6) is 5.75 Å². The third kappa shape index (κ3) is 7.39. The lowest BCUT2D eigenvalue weighted by atomic mass is 10.1. The van der Waals surface area contributed by atoms with Crippen LogP contribution in [0.1, 0.15) is 43.4 Å². The summed E-state index contributed by atoms with van der Waals surface area (Å²) in [6, 6.07) is 8.13. The van der Waals surface area contributed by atoms with Gasteiger partial charge >= 0.3 is 0 Å². The van der Waals surface area contributed by atoms with Crippen LogP contribution in [0.2, 0.25) is 10.0 Å². The summed E-state index contributed by atoms with van der Waals surface area (Å²) in [6.45, 7) is 8.22. The molecule has 8 heteroatoms. The van der Waals surface area contributed by atoms with Gasteiger partial charge in [-0.25, -0.2) is 0 Å². The molecule has 0 saturated carbocycles. The van der Waals surface area contributed by atoms with Crippen molar-refractivity contribution in [2.75, 3.05) is 13.2 Å². The fourth-order valence-corrected chi connectivity index (χ4v) is 3.87. The van der Waals surface area contributed by atoms with Crippen molar-refractivity contribution >= 4 is 50.9 Å². The molecule has 0 aliphatic carbocycles. The van der Waals surface area contributed by atoms with Gasteiger partial charge in [-0.3, -0.25) is 9.59 Å². The lowest BCUT2D eigenvalue weighted by molar-refractivity contribution is -0.142. The van der Waals surface area contributed by atoms with Gasteiger partial charge in [0.25, 0.3) is 5.91 Å². The summed E-state index contributed by atoms with van der Waals surface area (Å²) < 4.78 is 6.79. The summed E-state index contributed by atoms with van der Waals surface area (Å²) in [5, 5.41) is 3.83. The van der Waals surface area contributed by atoms with Crippen LogP contribution < -0.4 is 10.1 Å². The van der Waals surface area contributed by atoms with Gasteiger partial charge < -0.3 is 15.0 Å². The quantitative estimate of drug-likeness (QED) is 0.369. The highest BCUT2D eigenvalue weighted by Crippen LogP contribution is 2.27. The summed E-state index contributed by atoms with van der Waals surface area (Å²) in [5.74, 6) is 0.0701. The molecule has 32 heavy (non-hydrogen) atoms. The van der Waals surface area contributed by atoms with E-state index in [1.165, 1.54) is 4.90 Å². The van der Waals surface area contributed by atoms with Crippen molar-refractivity contribution in [2.45, 2.75) is 53.1 Å². The molecule has 2 amide bonds. The van der Waals surface area contributed by atoms with Crippen molar-refractivity contribution in [3.8, 4) is 5.75 Å². The second-order valence-electron chi connectivity index (χ2n) is 7.74. The van der Waals surface area contributed by atoms with Gasteiger partial charge in [0.15, 0.2) is 6.61 Å². The number of hydrogen-bond donors (Lipinski definition) is 1. The fourth-order valence-electron chi connectivity index (χ4n) is 3.17. The minimum atomic E-state index is -0.692. The number of carbonyl (C=O) groups is 2. The number of nitrogens with one attached hydrogen (secondary N) is 1. The minimum Gasteiger partial charge on any atom is -0.484 e. The largest absolute Gasteiger partial charge is 0.484 e. The van der Waals surface area contributed by atoms with E-state index in [1.807, 2.05) is 26.0 Å². The van der Waals surface area contributed by atoms with Crippen molar-refractivity contribution in [1.29, 1.82) is 0 Å². The van der Waals surface area contributed by atoms with Crippen LogP contribution >= 0.6 is 39.1 Å². The Morgan fingerprint density at radius 3 is 2.41 bits per heavy atom. The Balaban J connectivity index is 2.20. The lowest BCUT2D eigenvalue weighted by Crippen LogP contribution is -2.49. The van der Waals surface area contributed by atoms with E-state index in [4.69, 9.17) is 27.9 Å². The van der Waals surface area contributed by atoms with Crippen LogP contribution in [-0.2, 0) is 16.1 Å². The van der Waals surface area contributed by atoms with E-state index >= 15 is 0 Å². The van der Waals surface area contributed by atoms with Crippen molar-refractivity contribution in [1.82, 2.24) is 10.2 Å². The van der Waals surface area contributed by atoms with Gasteiger partial charge in [-0.2, -0.15) is 0 Å². The molecule has 0 saturated heterocycles. The van der Waals surface area contributed by atoms with Crippen molar-refractivity contribution in [3.05, 3.63) is 61.5 Å². The number of benzene rings is 2. The Labute approximate surface area is 208 Å². The van der Waals surface area contributed by atoms with E-state index in [0.717, 1.165) is 28.4 Å². The van der Waals surface area contributed by atoms with Crippen LogP contribution in [-0.4, -0.2) is 35.9 Å². The zero-order chi connectivity index (χ0) is 23.8. The van der Waals surface area contributed by atoms with E-state index < -0.39 is 6.04 Å². The Bertz CT molecular complexity index is 945. The molecule has 0 aromatic heterocycles. The van der Waals surface area contributed by atoms with E-state index in [1.54, 1.807) is 25.1 Å². The Morgan fingerprint density at radius 2 is 1.81 bits per heavy atom. The summed E-state index contributed by atoms with van der Waals surface area (Å²) in [4.78, 5) is 27.3. The molecule has 0 radical (unpaired) electrons. The molecule has 0 unspecified atom stereocenters. The molecule has 2 aromatic carbocycles. The monoisotopic (exact) mass is 542 g/mol. The molecular formula is C24H29BrCl2N2O3. The van der Waals surface area contributed by atoms with Gasteiger partial charge in [0, 0.05) is 27.6 Å². The Hall–Kier alpha value is -1.76. The number of carbonyl (C=O) groups excluding carboxylic acids is 2. The summed E-state index contributed by atoms with van der Waals surface area (Å²) in [7, 11) is 0. The number of aryl methyl sites for hydroxylation is 2. The van der Waals surface area contributed by atoms with Crippen LogP contribution in [0, 0.1) is 13.8 Å². The third-order valence-electron chi connectivity index (χ3n) is 5.12. The number of hydrogen-bond acceptors (Lipinski definition) is 3. The molecule has 0 heterocycles. The summed E-state index contributed by atoms with van der Waals surface area (Å²) >= 11 is 15.9. The summed E-state index contributed by atoms with van der Waals surface area (Å²) in [6.07, 6.45) is 1.85. The van der Waals surface area contributed by atoms with Gasteiger partial charge in [0.05, 0.1) is 0 Å². The second kappa shape index (κ2) is 12.5. The third-order valence-corrected chi connectivity index (χ3v) is 6.96. The summed E-state index contributed by atoms with van der Waals surface area (Å²) in [5.41, 5.74) is 2.73. The zero-order valence-electron chi connectivity index (χ0n) is 18.8. The van der Waals surface area contributed by atoms with Gasteiger partial charge in [0.2, 0.25) is 5.91 Å². The van der Waals surface area contributed by atoms with Crippen LogP contribution in [0.4, 0.5) is 0 Å². The molecule has 0 aliphatic rings. The molecule has 1 atom stereocenters. The topological polar surface area (TPSA) is 58.6 Å². The van der Waals surface area contributed by atoms with E-state index in [9.17, 15) is 9.59 Å². The van der Waals surface area contributed by atoms with Crippen molar-refractivity contribution < 1.29 is 14.3 Å². The molecule has 0 fully saturated rings. The SMILES string of the molecule is CCCCNC(=O)[C@@H](C)N(Cc1ccc(Cl)cc1Cl)C(=O)COc1cc(C)c(Br)c(C)c1. The number of halogens is 3. The highest BCUT2D eigenvalue weighted by atomic mass is 79.9. The predicted octanol–water partition coefficient (Wildman–Crippen LogP) is 6.09. The average molecular weight is 544 g/mol. The number of nitrogens with zero attached hydrogens (tertiary/aromatic N) is 1. The first-order valence-corrected chi connectivity index (χ1v) is 12.1. The van der Waals surface area contributed by atoms with E-state index in [2.05, 4.69) is 28.2 Å². The maximum atomic E-state index is 13.2. The number of amides is 2. The van der Waals surface area contributed by atoms with Gasteiger partial charge in [-0.1, -0.05) is 58.5 Å². The maximum absolute atomic E-state index is 13.2. The van der Waals surface area contributed by atoms with Crippen molar-refractivity contribution in [2.24, 2.45) is 0 Å². The molecule has 2 rings (SSSR count). The minimum absolute atomic E-state index is 0.166. The zero-order valence-corrected chi connectivity index (χ0v) is 21.9. The van der Waals surface area contributed by atoms with Gasteiger partial charge in [-0.05, 0) is 68.1 Å². The molecule has 0 spiro atoms. The number of rotatable bonds is 10. The molecule has 0 aliphatic heterocycles. The fraction of sp³-hybridized carbons (Fsp3) is 0.417. The standard InChI is InChI=1S/C24H29BrCl2N2O3/c1-5-6-9-28-24(31)17(4)29(13-18-7-8-19(26)12-21(18)27)22(30)14-32-20-10-15(2)23(25)16(3)11-20/h7-8,10-12,17H,5-6,9,13-14H2,1-4H3,(H,28,31)/t17-/m1/s1. The first-order valence-electron chi connectivity index (χ1n) is 10.5. The van der Waals surface area contributed by atoms with E-state index in [0.29, 0.717) is 27.9 Å². The smallest absolute Gasteiger partial charge is 0.261 e. The first kappa shape index (κ1) is 26.5. The maximum Gasteiger partial charge on any atom is 0.261 e. The molecule has 0 bridgehead atoms. The van der Waals surface area contributed by atoms with Crippen LogP contribution in [0.15, 0.2) is 34.8 Å². The lowest BCUT2D eigenvalue weighted by Gasteiger charge is -2.29.